The molecule has 4 heteroatoms. The van der Waals surface area contributed by atoms with E-state index in [1.807, 2.05) is 30.7 Å². The van der Waals surface area contributed by atoms with Gasteiger partial charge in [-0.25, -0.2) is 4.98 Å². The quantitative estimate of drug-likeness (QED) is 0.842. The Balaban J connectivity index is 2.39. The van der Waals surface area contributed by atoms with Gasteiger partial charge in [-0.3, -0.25) is 0 Å². The second-order valence-corrected chi connectivity index (χ2v) is 4.78. The third-order valence-corrected chi connectivity index (χ3v) is 2.83. The molecule has 0 aliphatic heterocycles. The molecule has 0 radical (unpaired) electrons. The lowest BCUT2D eigenvalue weighted by molar-refractivity contribution is 0.417. The molecule has 0 unspecified atom stereocenters. The lowest BCUT2D eigenvalue weighted by Gasteiger charge is -2.12. The summed E-state index contributed by atoms with van der Waals surface area (Å²) in [4.78, 5) is 4.22. The number of imidazole rings is 1. The summed E-state index contributed by atoms with van der Waals surface area (Å²) in [5.74, 6) is 1.29. The zero-order valence-corrected chi connectivity index (χ0v) is 11.1. The highest BCUT2D eigenvalue weighted by Gasteiger charge is 2.08. The smallest absolute Gasteiger partial charge is 0.143 e. The Bertz CT molecular complexity index is 532. The number of aromatic nitrogens is 2. The van der Waals surface area contributed by atoms with Gasteiger partial charge in [0, 0.05) is 18.0 Å². The number of rotatable bonds is 4. The summed E-state index contributed by atoms with van der Waals surface area (Å²) in [6, 6.07) is 5.76. The van der Waals surface area contributed by atoms with Gasteiger partial charge in [0.2, 0.25) is 0 Å². The fraction of sp³-hybridized carbons (Fsp3) is 0.357. The molecule has 4 nitrogen and oxygen atoms in total. The fourth-order valence-corrected chi connectivity index (χ4v) is 1.97. The Morgan fingerprint density at radius 3 is 2.83 bits per heavy atom. The summed E-state index contributed by atoms with van der Waals surface area (Å²) in [5, 5.41) is 0. The van der Waals surface area contributed by atoms with Crippen molar-refractivity contribution in [1.29, 1.82) is 0 Å². The lowest BCUT2D eigenvalue weighted by Crippen LogP contribution is -2.03. The van der Waals surface area contributed by atoms with Crippen LogP contribution in [-0.2, 0) is 6.42 Å². The average molecular weight is 245 g/mol. The number of nitrogen functional groups attached to an aromatic ring is 1. The Hall–Kier alpha value is -1.97. The molecule has 96 valence electrons. The van der Waals surface area contributed by atoms with Crippen LogP contribution in [-0.4, -0.2) is 16.7 Å². The number of hydrogen-bond acceptors (Lipinski definition) is 3. The number of benzene rings is 1. The van der Waals surface area contributed by atoms with Crippen molar-refractivity contribution in [2.75, 3.05) is 12.8 Å². The molecule has 0 atom stereocenters. The maximum absolute atomic E-state index is 5.82. The first-order valence-corrected chi connectivity index (χ1v) is 6.07. The monoisotopic (exact) mass is 245 g/mol. The highest BCUT2D eigenvalue weighted by molar-refractivity contribution is 5.57. The lowest BCUT2D eigenvalue weighted by atomic mass is 10.1. The van der Waals surface area contributed by atoms with Gasteiger partial charge in [0.15, 0.2) is 0 Å². The summed E-state index contributed by atoms with van der Waals surface area (Å²) in [5.41, 5.74) is 8.68. The van der Waals surface area contributed by atoms with Gasteiger partial charge in [-0.1, -0.05) is 13.8 Å². The molecule has 0 spiro atoms. The summed E-state index contributed by atoms with van der Waals surface area (Å²) >= 11 is 0. The maximum Gasteiger partial charge on any atom is 0.143 e. The minimum atomic E-state index is 0.594. The van der Waals surface area contributed by atoms with Gasteiger partial charge >= 0.3 is 0 Å². The highest BCUT2D eigenvalue weighted by atomic mass is 16.5. The molecule has 18 heavy (non-hydrogen) atoms. The van der Waals surface area contributed by atoms with E-state index in [4.69, 9.17) is 10.5 Å². The summed E-state index contributed by atoms with van der Waals surface area (Å²) < 4.78 is 7.32. The van der Waals surface area contributed by atoms with Gasteiger partial charge in [0.05, 0.1) is 24.8 Å². The van der Waals surface area contributed by atoms with Gasteiger partial charge in [-0.2, -0.15) is 0 Å². The molecular formula is C14H19N3O. The van der Waals surface area contributed by atoms with Gasteiger partial charge in [-0.05, 0) is 24.5 Å². The van der Waals surface area contributed by atoms with Crippen molar-refractivity contribution in [2.45, 2.75) is 20.3 Å². The molecule has 2 aromatic rings. The van der Waals surface area contributed by atoms with E-state index < -0.39 is 0 Å². The largest absolute Gasteiger partial charge is 0.495 e. The van der Waals surface area contributed by atoms with E-state index in [1.54, 1.807) is 7.11 Å². The summed E-state index contributed by atoms with van der Waals surface area (Å²) in [7, 11) is 1.62. The van der Waals surface area contributed by atoms with Crippen molar-refractivity contribution >= 4 is 5.69 Å². The van der Waals surface area contributed by atoms with Gasteiger partial charge in [0.1, 0.15) is 5.75 Å². The SMILES string of the molecule is COc1cc(-n2cncc2CC(C)C)ccc1N. The van der Waals surface area contributed by atoms with Gasteiger partial charge in [0.25, 0.3) is 0 Å². The van der Waals surface area contributed by atoms with Crippen LogP contribution >= 0.6 is 0 Å². The summed E-state index contributed by atoms with van der Waals surface area (Å²) in [6.07, 6.45) is 4.72. The molecular weight excluding hydrogens is 226 g/mol. The molecule has 0 saturated heterocycles. The number of hydrogen-bond donors (Lipinski definition) is 1. The zero-order chi connectivity index (χ0) is 13.1. The molecule has 1 aromatic carbocycles. The number of methoxy groups -OCH3 is 1. The van der Waals surface area contributed by atoms with E-state index in [-0.39, 0.29) is 0 Å². The molecule has 0 aliphatic rings. The van der Waals surface area contributed by atoms with Crippen LogP contribution < -0.4 is 10.5 Å². The van der Waals surface area contributed by atoms with Crippen LogP contribution in [0.15, 0.2) is 30.7 Å². The van der Waals surface area contributed by atoms with Gasteiger partial charge < -0.3 is 15.0 Å². The van der Waals surface area contributed by atoms with E-state index in [2.05, 4.69) is 23.4 Å². The van der Waals surface area contributed by atoms with Gasteiger partial charge in [-0.15, -0.1) is 0 Å². The van der Waals surface area contributed by atoms with Crippen molar-refractivity contribution in [2.24, 2.45) is 5.92 Å². The molecule has 1 heterocycles. The Morgan fingerprint density at radius 2 is 2.17 bits per heavy atom. The highest BCUT2D eigenvalue weighted by Crippen LogP contribution is 2.25. The van der Waals surface area contributed by atoms with Crippen molar-refractivity contribution in [3.8, 4) is 11.4 Å². The normalized spacial score (nSPS) is 10.9. The maximum atomic E-state index is 5.82. The van der Waals surface area contributed by atoms with Crippen LogP contribution in [0.2, 0.25) is 0 Å². The second kappa shape index (κ2) is 5.12. The minimum absolute atomic E-state index is 0.594. The zero-order valence-electron chi connectivity index (χ0n) is 11.1. The van der Waals surface area contributed by atoms with Crippen molar-refractivity contribution < 1.29 is 4.74 Å². The van der Waals surface area contributed by atoms with E-state index >= 15 is 0 Å². The van der Waals surface area contributed by atoms with E-state index in [0.29, 0.717) is 17.4 Å². The van der Waals surface area contributed by atoms with Crippen molar-refractivity contribution in [1.82, 2.24) is 9.55 Å². The molecule has 0 aliphatic carbocycles. The Morgan fingerprint density at radius 1 is 1.39 bits per heavy atom. The molecule has 1 aromatic heterocycles. The van der Waals surface area contributed by atoms with Crippen molar-refractivity contribution in [3.63, 3.8) is 0 Å². The molecule has 0 amide bonds. The van der Waals surface area contributed by atoms with Crippen LogP contribution in [0, 0.1) is 5.92 Å². The summed E-state index contributed by atoms with van der Waals surface area (Å²) in [6.45, 7) is 4.39. The van der Waals surface area contributed by atoms with Crippen LogP contribution in [0.4, 0.5) is 5.69 Å². The minimum Gasteiger partial charge on any atom is -0.495 e. The second-order valence-electron chi connectivity index (χ2n) is 4.78. The van der Waals surface area contributed by atoms with Crippen LogP contribution in [0.3, 0.4) is 0 Å². The standard InChI is InChI=1S/C14H19N3O/c1-10(2)6-12-8-16-9-17(12)11-4-5-13(15)14(7-11)18-3/h4-5,7-10H,6,15H2,1-3H3. The number of nitrogens with zero attached hydrogens (tertiary/aromatic N) is 2. The Labute approximate surface area is 107 Å². The third-order valence-electron chi connectivity index (χ3n) is 2.83. The Kier molecular flexibility index (Phi) is 3.55. The topological polar surface area (TPSA) is 53.1 Å². The average Bonchev–Trinajstić information content (AvgIpc) is 2.77. The van der Waals surface area contributed by atoms with Crippen LogP contribution in [0.25, 0.3) is 5.69 Å². The van der Waals surface area contributed by atoms with Crippen molar-refractivity contribution in [3.05, 3.63) is 36.4 Å². The molecule has 2 rings (SSSR count). The van der Waals surface area contributed by atoms with E-state index in [9.17, 15) is 0 Å². The first kappa shape index (κ1) is 12.5. The van der Waals surface area contributed by atoms with E-state index in [0.717, 1.165) is 12.1 Å². The number of ether oxygens (including phenoxy) is 1. The molecule has 0 fully saturated rings. The number of anilines is 1. The third kappa shape index (κ3) is 2.47. The number of nitrogens with two attached hydrogens (primary N) is 1. The molecule has 0 bridgehead atoms. The first-order valence-electron chi connectivity index (χ1n) is 6.07. The first-order chi connectivity index (χ1) is 8.61. The van der Waals surface area contributed by atoms with Crippen LogP contribution in [0.1, 0.15) is 19.5 Å². The molecule has 0 saturated carbocycles. The molecule has 2 N–H and O–H groups in total. The van der Waals surface area contributed by atoms with E-state index in [1.165, 1.54) is 5.69 Å². The predicted octanol–water partition coefficient (Wildman–Crippen LogP) is 2.66. The van der Waals surface area contributed by atoms with Crippen LogP contribution in [0.5, 0.6) is 5.75 Å². The predicted molar refractivity (Wildman–Crippen MR) is 73.1 cm³/mol. The fourth-order valence-electron chi connectivity index (χ4n) is 1.97.